The highest BCUT2D eigenvalue weighted by molar-refractivity contribution is 5.88. The van der Waals surface area contributed by atoms with Crippen molar-refractivity contribution in [2.45, 2.75) is 70.9 Å². The number of aliphatic hydroxyl groups excluding tert-OH is 3. The van der Waals surface area contributed by atoms with Crippen molar-refractivity contribution < 1.29 is 30.0 Å². The Bertz CT molecular complexity index is 832. The van der Waals surface area contributed by atoms with Crippen LogP contribution in [-0.2, 0) is 9.53 Å². The Hall–Kier alpha value is -1.37. The second kappa shape index (κ2) is 6.57. The summed E-state index contributed by atoms with van der Waals surface area (Å²) in [5, 5.41) is 42.8. The van der Waals surface area contributed by atoms with E-state index in [9.17, 15) is 25.2 Å². The number of hydrogen-bond acceptors (Lipinski definition) is 5. The van der Waals surface area contributed by atoms with Crippen LogP contribution in [0.2, 0.25) is 0 Å². The van der Waals surface area contributed by atoms with Gasteiger partial charge in [0.1, 0.15) is 11.4 Å². The quantitative estimate of drug-likeness (QED) is 0.487. The Morgan fingerprint density at radius 2 is 1.87 bits per heavy atom. The smallest absolute Gasteiger partial charge is 0.335 e. The minimum absolute atomic E-state index is 0.0159. The molecule has 0 spiro atoms. The first-order valence-electron chi connectivity index (χ1n) is 11.5. The SMILES string of the molecule is CC1=C[C@@H]2[C@H](O)[C@@H](C)[C@H](O)[C@H]2[C@@H]2[C@H]3C(C(=O)O)=C4O[C@](C)(CC[C@H](O)[C@H]4C)[C@H]3C[C@H]12. The minimum Gasteiger partial charge on any atom is -0.491 e. The molecule has 0 radical (unpaired) electrons. The summed E-state index contributed by atoms with van der Waals surface area (Å²) in [6.07, 6.45) is 2.36. The number of carboxylic acid groups (broad SMARTS) is 1. The van der Waals surface area contributed by atoms with E-state index in [1.807, 2.05) is 13.8 Å². The van der Waals surface area contributed by atoms with Crippen LogP contribution in [0.1, 0.15) is 47.0 Å². The van der Waals surface area contributed by atoms with Gasteiger partial charge in [-0.3, -0.25) is 0 Å². The number of ether oxygens (including phenoxy) is 1. The van der Waals surface area contributed by atoms with E-state index in [2.05, 4.69) is 19.9 Å². The summed E-state index contributed by atoms with van der Waals surface area (Å²) in [7, 11) is 0. The highest BCUT2D eigenvalue weighted by atomic mass is 16.5. The lowest BCUT2D eigenvalue weighted by Gasteiger charge is -2.47. The fourth-order valence-corrected chi connectivity index (χ4v) is 7.82. The van der Waals surface area contributed by atoms with Crippen molar-refractivity contribution in [1.29, 1.82) is 0 Å². The van der Waals surface area contributed by atoms with E-state index < -0.39 is 29.9 Å². The van der Waals surface area contributed by atoms with Gasteiger partial charge in [-0.15, -0.1) is 0 Å². The zero-order chi connectivity index (χ0) is 21.7. The molecule has 3 aliphatic carbocycles. The fourth-order valence-electron chi connectivity index (χ4n) is 7.82. The van der Waals surface area contributed by atoms with Crippen molar-refractivity contribution >= 4 is 5.97 Å². The Morgan fingerprint density at radius 1 is 1.17 bits per heavy atom. The Kier molecular flexibility index (Phi) is 4.49. The molecule has 1 saturated heterocycles. The molecule has 30 heavy (non-hydrogen) atoms. The molecular formula is C24H34O6. The molecule has 4 N–H and O–H groups in total. The number of fused-ring (bicyclic) bond motifs is 8. The number of allylic oxidation sites excluding steroid dienone is 1. The van der Waals surface area contributed by atoms with Crippen molar-refractivity contribution in [2.75, 3.05) is 0 Å². The molecule has 12 atom stereocenters. The van der Waals surface area contributed by atoms with E-state index in [1.54, 1.807) is 0 Å². The number of aliphatic hydroxyl groups is 3. The first-order valence-corrected chi connectivity index (χ1v) is 11.5. The van der Waals surface area contributed by atoms with Crippen LogP contribution in [0.25, 0.3) is 0 Å². The third-order valence-corrected chi connectivity index (χ3v) is 9.50. The third-order valence-electron chi connectivity index (χ3n) is 9.50. The van der Waals surface area contributed by atoms with Gasteiger partial charge in [0.2, 0.25) is 0 Å². The molecular weight excluding hydrogens is 384 g/mol. The molecule has 0 aromatic carbocycles. The van der Waals surface area contributed by atoms with E-state index in [0.717, 1.165) is 6.42 Å². The first kappa shape index (κ1) is 20.5. The molecule has 2 saturated carbocycles. The Balaban J connectivity index is 1.70. The van der Waals surface area contributed by atoms with E-state index in [-0.39, 0.29) is 47.3 Å². The van der Waals surface area contributed by atoms with Crippen LogP contribution in [0.3, 0.4) is 0 Å². The lowest BCUT2D eigenvalue weighted by molar-refractivity contribution is -0.138. The van der Waals surface area contributed by atoms with Crippen molar-refractivity contribution in [2.24, 2.45) is 47.3 Å². The number of aliphatic carboxylic acids is 1. The van der Waals surface area contributed by atoms with E-state index in [1.165, 1.54) is 5.57 Å². The summed E-state index contributed by atoms with van der Waals surface area (Å²) in [6, 6.07) is 0. The molecule has 2 heterocycles. The lowest BCUT2D eigenvalue weighted by Crippen LogP contribution is -2.48. The molecule has 0 amide bonds. The molecule has 5 rings (SSSR count). The molecule has 0 unspecified atom stereocenters. The first-order chi connectivity index (χ1) is 14.1. The number of rotatable bonds is 1. The molecule has 3 fully saturated rings. The average molecular weight is 419 g/mol. The van der Waals surface area contributed by atoms with Crippen LogP contribution < -0.4 is 0 Å². The lowest BCUT2D eigenvalue weighted by atomic mass is 9.63. The largest absolute Gasteiger partial charge is 0.491 e. The average Bonchev–Trinajstić information content (AvgIpc) is 3.16. The molecule has 2 bridgehead atoms. The van der Waals surface area contributed by atoms with Gasteiger partial charge < -0.3 is 25.2 Å². The zero-order valence-electron chi connectivity index (χ0n) is 18.2. The van der Waals surface area contributed by atoms with Crippen LogP contribution >= 0.6 is 0 Å². The number of hydrogen-bond donors (Lipinski definition) is 4. The van der Waals surface area contributed by atoms with E-state index >= 15 is 0 Å². The van der Waals surface area contributed by atoms with Gasteiger partial charge >= 0.3 is 5.97 Å². The van der Waals surface area contributed by atoms with Gasteiger partial charge in [0.15, 0.2) is 0 Å². The Labute approximate surface area is 177 Å². The van der Waals surface area contributed by atoms with Gasteiger partial charge in [0, 0.05) is 29.6 Å². The predicted molar refractivity (Wildman–Crippen MR) is 109 cm³/mol. The molecule has 2 aliphatic heterocycles. The molecule has 5 aliphatic rings. The summed E-state index contributed by atoms with van der Waals surface area (Å²) in [5.41, 5.74) is 0.980. The van der Waals surface area contributed by atoms with Gasteiger partial charge in [-0.25, -0.2) is 4.79 Å². The monoisotopic (exact) mass is 418 g/mol. The van der Waals surface area contributed by atoms with Gasteiger partial charge in [-0.05, 0) is 50.9 Å². The molecule has 0 aromatic rings. The topological polar surface area (TPSA) is 107 Å². The van der Waals surface area contributed by atoms with Crippen LogP contribution in [0, 0.1) is 47.3 Å². The summed E-state index contributed by atoms with van der Waals surface area (Å²) in [4.78, 5) is 12.6. The summed E-state index contributed by atoms with van der Waals surface area (Å²) >= 11 is 0. The maximum absolute atomic E-state index is 12.6. The normalized spacial score (nSPS) is 54.5. The summed E-state index contributed by atoms with van der Waals surface area (Å²) in [6.45, 7) is 7.91. The highest BCUT2D eigenvalue weighted by Gasteiger charge is 2.65. The third kappa shape index (κ3) is 2.50. The van der Waals surface area contributed by atoms with Crippen LogP contribution in [0.5, 0.6) is 0 Å². The van der Waals surface area contributed by atoms with Crippen molar-refractivity contribution in [3.05, 3.63) is 23.0 Å². The standard InChI is InChI=1S/C24H34O6/c1-9-7-13-17(21(27)11(3)20(13)26)16-12(9)8-14-18(16)19(23(28)29)22-10(2)15(25)5-6-24(14,4)30-22/h7,10-18,20-21,25-27H,5-6,8H2,1-4H3,(H,28,29)/t10-,11-,12-,13+,14+,15+,16-,17-,18+,20-,21+,24-/m1/s1. The second-order valence-electron chi connectivity index (χ2n) is 10.9. The molecule has 6 nitrogen and oxygen atoms in total. The Morgan fingerprint density at radius 3 is 2.53 bits per heavy atom. The zero-order valence-corrected chi connectivity index (χ0v) is 18.2. The maximum atomic E-state index is 12.6. The van der Waals surface area contributed by atoms with Crippen molar-refractivity contribution in [1.82, 2.24) is 0 Å². The van der Waals surface area contributed by atoms with Gasteiger partial charge in [0.05, 0.1) is 23.9 Å². The van der Waals surface area contributed by atoms with Crippen LogP contribution in [0.4, 0.5) is 0 Å². The molecule has 6 heteroatoms. The fraction of sp³-hybridized carbons (Fsp3) is 0.792. The van der Waals surface area contributed by atoms with E-state index in [0.29, 0.717) is 24.2 Å². The second-order valence-corrected chi connectivity index (χ2v) is 10.9. The van der Waals surface area contributed by atoms with Crippen LogP contribution in [0.15, 0.2) is 23.0 Å². The van der Waals surface area contributed by atoms with Crippen LogP contribution in [-0.4, -0.2) is 50.3 Å². The molecule has 0 aromatic heterocycles. The van der Waals surface area contributed by atoms with Gasteiger partial charge in [0.25, 0.3) is 0 Å². The highest BCUT2D eigenvalue weighted by Crippen LogP contribution is 2.65. The van der Waals surface area contributed by atoms with Crippen molar-refractivity contribution in [3.8, 4) is 0 Å². The number of carbonyl (C=O) groups is 1. The summed E-state index contributed by atoms with van der Waals surface area (Å²) < 4.78 is 6.43. The minimum atomic E-state index is -0.978. The van der Waals surface area contributed by atoms with E-state index in [4.69, 9.17) is 4.74 Å². The van der Waals surface area contributed by atoms with Gasteiger partial charge in [-0.2, -0.15) is 0 Å². The molecule has 166 valence electrons. The van der Waals surface area contributed by atoms with Gasteiger partial charge in [-0.1, -0.05) is 25.5 Å². The number of carboxylic acids is 1. The predicted octanol–water partition coefficient (Wildman–Crippen LogP) is 2.34. The summed E-state index contributed by atoms with van der Waals surface area (Å²) in [5.74, 6) is -1.52. The maximum Gasteiger partial charge on any atom is 0.335 e. The van der Waals surface area contributed by atoms with Crippen molar-refractivity contribution in [3.63, 3.8) is 0 Å².